The van der Waals surface area contributed by atoms with E-state index in [0.29, 0.717) is 22.0 Å². The third-order valence-electron chi connectivity index (χ3n) is 6.29. The van der Waals surface area contributed by atoms with Gasteiger partial charge in [-0.3, -0.25) is 4.79 Å². The van der Waals surface area contributed by atoms with E-state index in [2.05, 4.69) is 18.8 Å². The van der Waals surface area contributed by atoms with E-state index in [-0.39, 0.29) is 5.56 Å². The first-order chi connectivity index (χ1) is 18.1. The largest absolute Gasteiger partial charge is 0.494 e. The Hall–Kier alpha value is -4.23. The number of aromatic nitrogens is 4. The summed E-state index contributed by atoms with van der Waals surface area (Å²) in [6.07, 6.45) is 4.91. The van der Waals surface area contributed by atoms with Crippen LogP contribution in [0.2, 0.25) is 0 Å². The van der Waals surface area contributed by atoms with Gasteiger partial charge in [-0.2, -0.15) is 5.10 Å². The Morgan fingerprint density at radius 1 is 0.973 bits per heavy atom. The first-order valence-corrected chi connectivity index (χ1v) is 13.2. The van der Waals surface area contributed by atoms with Gasteiger partial charge in [-0.1, -0.05) is 55.5 Å². The lowest BCUT2D eigenvalue weighted by Crippen LogP contribution is -2.22. The van der Waals surface area contributed by atoms with Crippen LogP contribution < -0.4 is 14.8 Å². The molecule has 0 N–H and O–H groups in total. The minimum absolute atomic E-state index is 0.0685. The average molecular weight is 507 g/mol. The van der Waals surface area contributed by atoms with E-state index < -0.39 is 0 Å². The first kappa shape index (κ1) is 23.2. The van der Waals surface area contributed by atoms with Crippen LogP contribution in [-0.2, 0) is 0 Å². The van der Waals surface area contributed by atoms with Crippen LogP contribution >= 0.6 is 11.3 Å². The van der Waals surface area contributed by atoms with Gasteiger partial charge >= 0.3 is 0 Å². The predicted octanol–water partition coefficient (Wildman–Crippen LogP) is 5.73. The molecule has 0 spiro atoms. The maximum Gasteiger partial charge on any atom is 0.274 e. The highest BCUT2D eigenvalue weighted by atomic mass is 32.1. The van der Waals surface area contributed by atoms with E-state index in [1.165, 1.54) is 11.3 Å². The van der Waals surface area contributed by atoms with E-state index in [1.807, 2.05) is 95.8 Å². The summed E-state index contributed by atoms with van der Waals surface area (Å²) < 4.78 is 10.1. The van der Waals surface area contributed by atoms with Crippen molar-refractivity contribution in [1.29, 1.82) is 0 Å². The predicted molar refractivity (Wildman–Crippen MR) is 150 cm³/mol. The molecule has 0 bridgehead atoms. The number of fused-ring (bicyclic) bond motifs is 3. The Kier molecular flexibility index (Phi) is 6.06. The number of hydrogen-bond acceptors (Lipinski definition) is 5. The third-order valence-corrected chi connectivity index (χ3v) is 7.26. The molecule has 0 radical (unpaired) electrons. The van der Waals surface area contributed by atoms with Crippen molar-refractivity contribution < 1.29 is 4.74 Å². The maximum atomic E-state index is 13.4. The molecule has 184 valence electrons. The molecular formula is C30H26N4O2S. The van der Waals surface area contributed by atoms with Gasteiger partial charge in [-0.25, -0.2) is 14.1 Å². The van der Waals surface area contributed by atoms with Gasteiger partial charge in [0.25, 0.3) is 5.56 Å². The van der Waals surface area contributed by atoms with E-state index in [0.717, 1.165) is 45.7 Å². The summed E-state index contributed by atoms with van der Waals surface area (Å²) in [5, 5.41) is 4.91. The van der Waals surface area contributed by atoms with Gasteiger partial charge in [0.05, 0.1) is 27.9 Å². The van der Waals surface area contributed by atoms with Crippen LogP contribution in [0.5, 0.6) is 5.75 Å². The zero-order valence-electron chi connectivity index (χ0n) is 20.7. The van der Waals surface area contributed by atoms with Gasteiger partial charge in [-0.15, -0.1) is 0 Å². The molecule has 0 fully saturated rings. The molecule has 0 saturated heterocycles. The van der Waals surface area contributed by atoms with Crippen molar-refractivity contribution in [2.45, 2.75) is 20.3 Å². The van der Waals surface area contributed by atoms with Crippen LogP contribution in [0.4, 0.5) is 0 Å². The van der Waals surface area contributed by atoms with Crippen LogP contribution in [0.25, 0.3) is 39.0 Å². The maximum absolute atomic E-state index is 13.4. The molecule has 7 heteroatoms. The number of hydrogen-bond donors (Lipinski definition) is 0. The molecule has 0 amide bonds. The Balaban J connectivity index is 1.44. The molecule has 6 nitrogen and oxygen atoms in total. The van der Waals surface area contributed by atoms with Gasteiger partial charge in [0, 0.05) is 17.3 Å². The van der Waals surface area contributed by atoms with Crippen molar-refractivity contribution in [3.8, 4) is 22.7 Å². The van der Waals surface area contributed by atoms with E-state index >= 15 is 0 Å². The average Bonchev–Trinajstić information content (AvgIpc) is 3.58. The fourth-order valence-electron chi connectivity index (χ4n) is 4.30. The highest BCUT2D eigenvalue weighted by Crippen LogP contribution is 2.27. The van der Waals surface area contributed by atoms with Crippen molar-refractivity contribution in [2.24, 2.45) is 5.92 Å². The molecule has 0 aliphatic carbocycles. The van der Waals surface area contributed by atoms with Gasteiger partial charge in [0.15, 0.2) is 4.96 Å². The number of nitrogens with zero attached hydrogens (tertiary/aromatic N) is 4. The van der Waals surface area contributed by atoms with E-state index in [4.69, 9.17) is 9.84 Å². The molecule has 3 heterocycles. The molecule has 3 aromatic heterocycles. The summed E-state index contributed by atoms with van der Waals surface area (Å²) in [5.74, 6) is 1.44. The summed E-state index contributed by atoms with van der Waals surface area (Å²) >= 11 is 1.39. The summed E-state index contributed by atoms with van der Waals surface area (Å²) in [5.41, 5.74) is 5.15. The van der Waals surface area contributed by atoms with E-state index in [1.54, 1.807) is 4.40 Å². The first-order valence-electron chi connectivity index (χ1n) is 12.4. The fourth-order valence-corrected chi connectivity index (χ4v) is 5.28. The monoisotopic (exact) mass is 506 g/mol. The van der Waals surface area contributed by atoms with Crippen molar-refractivity contribution in [2.75, 3.05) is 6.61 Å². The SMILES string of the molecule is CC(C)CCOc1ccc(-c2nn(-c3ccccc3)cc2/C=c2\sc3nc4ccccc4n3c2=O)cc1. The van der Waals surface area contributed by atoms with Crippen LogP contribution in [0.15, 0.2) is 89.9 Å². The van der Waals surface area contributed by atoms with E-state index in [9.17, 15) is 4.79 Å². The summed E-state index contributed by atoms with van der Waals surface area (Å²) in [4.78, 5) is 18.7. The lowest BCUT2D eigenvalue weighted by atomic mass is 10.1. The zero-order chi connectivity index (χ0) is 25.4. The molecule has 0 unspecified atom stereocenters. The molecule has 0 aliphatic rings. The van der Waals surface area contributed by atoms with Crippen molar-refractivity contribution in [3.05, 3.63) is 106 Å². The highest BCUT2D eigenvalue weighted by Gasteiger charge is 2.14. The minimum Gasteiger partial charge on any atom is -0.494 e. The standard InChI is InChI=1S/C30H26N4O2S/c1-20(2)16-17-36-24-14-12-21(13-15-24)28-22(19-33(32-28)23-8-4-3-5-9-23)18-27-29(35)34-26-11-7-6-10-25(26)31-30(34)37-27/h3-15,18-20H,16-17H2,1-2H3/b27-18-. The molecule has 3 aromatic carbocycles. The normalized spacial score (nSPS) is 12.2. The second-order valence-electron chi connectivity index (χ2n) is 9.40. The topological polar surface area (TPSA) is 61.4 Å². The van der Waals surface area contributed by atoms with Gasteiger partial charge in [0.1, 0.15) is 11.4 Å². The van der Waals surface area contributed by atoms with Crippen molar-refractivity contribution in [3.63, 3.8) is 0 Å². The lowest BCUT2D eigenvalue weighted by molar-refractivity contribution is 0.289. The number of benzene rings is 3. The lowest BCUT2D eigenvalue weighted by Gasteiger charge is -2.08. The third kappa shape index (κ3) is 4.54. The number of rotatable bonds is 7. The van der Waals surface area contributed by atoms with Crippen LogP contribution in [0.3, 0.4) is 0 Å². The molecule has 37 heavy (non-hydrogen) atoms. The highest BCUT2D eigenvalue weighted by molar-refractivity contribution is 7.15. The van der Waals surface area contributed by atoms with Crippen LogP contribution in [0, 0.1) is 5.92 Å². The minimum atomic E-state index is -0.0685. The Labute approximate surface area is 218 Å². The van der Waals surface area contributed by atoms with Crippen LogP contribution in [-0.4, -0.2) is 25.8 Å². The van der Waals surface area contributed by atoms with Crippen molar-refractivity contribution >= 4 is 33.4 Å². The Bertz CT molecular complexity index is 1800. The number of ether oxygens (including phenoxy) is 1. The second kappa shape index (κ2) is 9.67. The summed E-state index contributed by atoms with van der Waals surface area (Å²) in [6.45, 7) is 5.07. The smallest absolute Gasteiger partial charge is 0.274 e. The number of imidazole rings is 1. The van der Waals surface area contributed by atoms with Gasteiger partial charge in [0.2, 0.25) is 0 Å². The molecule has 6 aromatic rings. The Morgan fingerprint density at radius 2 is 1.73 bits per heavy atom. The number of thiazole rings is 1. The quantitative estimate of drug-likeness (QED) is 0.277. The van der Waals surface area contributed by atoms with Gasteiger partial charge in [-0.05, 0) is 66.9 Å². The fraction of sp³-hybridized carbons (Fsp3) is 0.167. The molecule has 0 atom stereocenters. The molecule has 0 aliphatic heterocycles. The molecular weight excluding hydrogens is 480 g/mol. The number of para-hydroxylation sites is 3. The summed E-state index contributed by atoms with van der Waals surface area (Å²) in [6, 6.07) is 25.7. The molecule has 0 saturated carbocycles. The zero-order valence-corrected chi connectivity index (χ0v) is 21.5. The molecule has 6 rings (SSSR count). The van der Waals surface area contributed by atoms with Crippen molar-refractivity contribution in [1.82, 2.24) is 19.2 Å². The second-order valence-corrected chi connectivity index (χ2v) is 10.4. The Morgan fingerprint density at radius 3 is 2.51 bits per heavy atom. The van der Waals surface area contributed by atoms with Gasteiger partial charge < -0.3 is 4.74 Å². The van der Waals surface area contributed by atoms with Crippen LogP contribution in [0.1, 0.15) is 25.8 Å². The summed E-state index contributed by atoms with van der Waals surface area (Å²) in [7, 11) is 0.